The lowest BCUT2D eigenvalue weighted by molar-refractivity contribution is 0.0671. The van der Waals surface area contributed by atoms with Gasteiger partial charge in [0.25, 0.3) is 11.5 Å². The average Bonchev–Trinajstić information content (AvgIpc) is 3.21. The van der Waals surface area contributed by atoms with E-state index in [0.29, 0.717) is 18.7 Å². The van der Waals surface area contributed by atoms with E-state index in [1.807, 2.05) is 12.1 Å². The Balaban J connectivity index is 1.40. The second kappa shape index (κ2) is 8.74. The molecule has 9 heteroatoms. The number of amides is 1. The third kappa shape index (κ3) is 4.28. The van der Waals surface area contributed by atoms with Gasteiger partial charge >= 0.3 is 0 Å². The zero-order valence-corrected chi connectivity index (χ0v) is 18.8. The molecule has 4 heterocycles. The van der Waals surface area contributed by atoms with E-state index in [-0.39, 0.29) is 34.7 Å². The van der Waals surface area contributed by atoms with Gasteiger partial charge in [0, 0.05) is 32.5 Å². The number of halogens is 1. The molecule has 0 aliphatic carbocycles. The largest absolute Gasteiger partial charge is 0.366 e. The minimum absolute atomic E-state index is 0.142. The second-order valence-electron chi connectivity index (χ2n) is 8.84. The van der Waals surface area contributed by atoms with E-state index in [1.54, 1.807) is 47.1 Å². The smallest absolute Gasteiger partial charge is 0.263 e. The van der Waals surface area contributed by atoms with Crippen LogP contribution in [0.2, 0.25) is 0 Å². The third-order valence-electron chi connectivity index (χ3n) is 6.34. The Hall–Kier alpha value is -4.01. The first kappa shape index (κ1) is 21.8. The molecule has 1 amide bonds. The number of piperidine rings is 1. The fraction of sp³-hybridized carbons (Fsp3) is 0.280. The molecule has 5 rings (SSSR count). The summed E-state index contributed by atoms with van der Waals surface area (Å²) < 4.78 is 16.2. The number of hydrogen-bond acceptors (Lipinski definition) is 5. The van der Waals surface area contributed by atoms with Crippen LogP contribution >= 0.6 is 0 Å². The summed E-state index contributed by atoms with van der Waals surface area (Å²) in [4.78, 5) is 32.3. The van der Waals surface area contributed by atoms with E-state index in [4.69, 9.17) is 5.73 Å². The molecule has 0 saturated carbocycles. The summed E-state index contributed by atoms with van der Waals surface area (Å²) in [6.45, 7) is 1.17. The van der Waals surface area contributed by atoms with Crippen LogP contribution in [0.5, 0.6) is 0 Å². The molecular weight excluding hydrogens is 435 g/mol. The minimum Gasteiger partial charge on any atom is -0.366 e. The van der Waals surface area contributed by atoms with Crippen LogP contribution in [0.4, 0.5) is 10.3 Å². The maximum atomic E-state index is 13.4. The van der Waals surface area contributed by atoms with E-state index in [0.717, 1.165) is 36.0 Å². The molecule has 0 spiro atoms. The lowest BCUT2D eigenvalue weighted by Gasteiger charge is -2.33. The van der Waals surface area contributed by atoms with Gasteiger partial charge in [-0.1, -0.05) is 12.1 Å². The fourth-order valence-electron chi connectivity index (χ4n) is 4.64. The predicted molar refractivity (Wildman–Crippen MR) is 127 cm³/mol. The summed E-state index contributed by atoms with van der Waals surface area (Å²) in [7, 11) is 1.64. The van der Waals surface area contributed by atoms with Crippen LogP contribution in [-0.4, -0.2) is 43.1 Å². The number of carbonyl (C=O) groups is 1. The number of anilines is 1. The first-order valence-corrected chi connectivity index (χ1v) is 11.2. The number of likely N-dealkylation sites (tertiary alicyclic amines) is 1. The minimum atomic E-state index is -0.331. The topological polar surface area (TPSA) is 98.5 Å². The monoisotopic (exact) mass is 460 g/mol. The highest BCUT2D eigenvalue weighted by Crippen LogP contribution is 2.24. The molecule has 1 saturated heterocycles. The van der Waals surface area contributed by atoms with Crippen LogP contribution in [0.25, 0.3) is 16.8 Å². The van der Waals surface area contributed by atoms with E-state index >= 15 is 0 Å². The van der Waals surface area contributed by atoms with Crippen molar-refractivity contribution in [3.63, 3.8) is 0 Å². The van der Waals surface area contributed by atoms with Crippen molar-refractivity contribution in [1.29, 1.82) is 0 Å². The third-order valence-corrected chi connectivity index (χ3v) is 6.34. The highest BCUT2D eigenvalue weighted by atomic mass is 19.1. The van der Waals surface area contributed by atoms with Gasteiger partial charge in [0.2, 0.25) is 5.95 Å². The Morgan fingerprint density at radius 2 is 1.97 bits per heavy atom. The lowest BCUT2D eigenvalue weighted by atomic mass is 9.91. The van der Waals surface area contributed by atoms with Gasteiger partial charge in [-0.05, 0) is 72.2 Å². The van der Waals surface area contributed by atoms with Crippen molar-refractivity contribution in [2.75, 3.05) is 18.8 Å². The molecule has 8 nitrogen and oxygen atoms in total. The van der Waals surface area contributed by atoms with Gasteiger partial charge < -0.3 is 15.2 Å². The average molecular weight is 461 g/mol. The number of aryl methyl sites for hydroxylation is 1. The second-order valence-corrected chi connectivity index (χ2v) is 8.84. The van der Waals surface area contributed by atoms with Gasteiger partial charge in [-0.15, -0.1) is 5.10 Å². The fourth-order valence-corrected chi connectivity index (χ4v) is 4.64. The molecule has 174 valence electrons. The molecule has 4 aromatic rings. The van der Waals surface area contributed by atoms with Gasteiger partial charge in [-0.25, -0.2) is 8.91 Å². The zero-order chi connectivity index (χ0) is 23.8. The van der Waals surface area contributed by atoms with Crippen molar-refractivity contribution in [3.8, 4) is 11.1 Å². The molecule has 1 aliphatic rings. The van der Waals surface area contributed by atoms with E-state index in [9.17, 15) is 14.0 Å². The highest BCUT2D eigenvalue weighted by molar-refractivity contribution is 5.95. The molecule has 3 aromatic heterocycles. The Labute approximate surface area is 195 Å². The summed E-state index contributed by atoms with van der Waals surface area (Å²) in [5.41, 5.74) is 8.65. The van der Waals surface area contributed by atoms with Crippen LogP contribution in [0.15, 0.2) is 59.7 Å². The van der Waals surface area contributed by atoms with Crippen molar-refractivity contribution in [1.82, 2.24) is 24.1 Å². The maximum absolute atomic E-state index is 13.4. The van der Waals surface area contributed by atoms with Crippen LogP contribution in [0, 0.1) is 11.7 Å². The summed E-state index contributed by atoms with van der Waals surface area (Å²) in [5.74, 6) is -0.0876. The molecule has 0 radical (unpaired) electrons. The Morgan fingerprint density at radius 3 is 2.76 bits per heavy atom. The number of rotatable bonds is 4. The molecule has 1 aromatic carbocycles. The summed E-state index contributed by atoms with van der Waals surface area (Å²) in [6.07, 6.45) is 6.07. The van der Waals surface area contributed by atoms with E-state index in [1.165, 1.54) is 16.7 Å². The Morgan fingerprint density at radius 1 is 1.18 bits per heavy atom. The van der Waals surface area contributed by atoms with Crippen molar-refractivity contribution in [3.05, 3.63) is 82.2 Å². The Bertz CT molecular complexity index is 1430. The molecule has 1 aliphatic heterocycles. The van der Waals surface area contributed by atoms with Gasteiger partial charge in [0.05, 0.1) is 0 Å². The first-order valence-electron chi connectivity index (χ1n) is 11.2. The quantitative estimate of drug-likeness (QED) is 0.505. The normalized spacial score (nSPS) is 16.2. The standard InChI is InChI=1S/C25H25FN6O2/c1-30-15-19(18-8-10-32-22(13-18)28-25(27)29-32)12-21(23(30)33)24(34)31-9-2-3-17(14-31)11-16-4-6-20(26)7-5-16/h4-8,10,12-13,15,17H,2-3,9,11,14H2,1H3,(H2,27,29). The molecule has 1 unspecified atom stereocenters. The van der Waals surface area contributed by atoms with Crippen LogP contribution in [0.1, 0.15) is 28.8 Å². The number of pyridine rings is 2. The van der Waals surface area contributed by atoms with Crippen molar-refractivity contribution in [2.24, 2.45) is 13.0 Å². The number of aromatic nitrogens is 4. The molecular formula is C25H25FN6O2. The number of fused-ring (bicyclic) bond motifs is 1. The van der Waals surface area contributed by atoms with Crippen molar-refractivity contribution in [2.45, 2.75) is 19.3 Å². The molecule has 2 N–H and O–H groups in total. The molecule has 1 fully saturated rings. The van der Waals surface area contributed by atoms with Gasteiger partial charge in [0.1, 0.15) is 11.4 Å². The van der Waals surface area contributed by atoms with Crippen molar-refractivity contribution < 1.29 is 9.18 Å². The number of hydrogen-bond donors (Lipinski definition) is 1. The molecule has 1 atom stereocenters. The first-order chi connectivity index (χ1) is 16.4. The van der Waals surface area contributed by atoms with Crippen LogP contribution in [-0.2, 0) is 13.5 Å². The van der Waals surface area contributed by atoms with Crippen LogP contribution in [0.3, 0.4) is 0 Å². The molecule has 0 bridgehead atoms. The highest BCUT2D eigenvalue weighted by Gasteiger charge is 2.27. The Kier molecular flexibility index (Phi) is 5.61. The maximum Gasteiger partial charge on any atom is 0.263 e. The number of benzene rings is 1. The van der Waals surface area contributed by atoms with E-state index in [2.05, 4.69) is 10.1 Å². The SMILES string of the molecule is Cn1cc(-c2ccn3nc(N)nc3c2)cc(C(=O)N2CCCC(Cc3ccc(F)cc3)C2)c1=O. The lowest BCUT2D eigenvalue weighted by Crippen LogP contribution is -2.43. The number of carbonyl (C=O) groups excluding carboxylic acids is 1. The predicted octanol–water partition coefficient (Wildman–Crippen LogP) is 2.91. The van der Waals surface area contributed by atoms with E-state index < -0.39 is 0 Å². The summed E-state index contributed by atoms with van der Waals surface area (Å²) in [5, 5.41) is 4.08. The summed E-state index contributed by atoms with van der Waals surface area (Å²) in [6, 6.07) is 11.8. The van der Waals surface area contributed by atoms with Gasteiger partial charge in [-0.3, -0.25) is 9.59 Å². The van der Waals surface area contributed by atoms with Crippen molar-refractivity contribution >= 4 is 17.5 Å². The van der Waals surface area contributed by atoms with Crippen LogP contribution < -0.4 is 11.3 Å². The number of nitrogens with zero attached hydrogens (tertiary/aromatic N) is 5. The zero-order valence-electron chi connectivity index (χ0n) is 18.8. The number of nitrogens with two attached hydrogens (primary N) is 1. The summed E-state index contributed by atoms with van der Waals surface area (Å²) >= 11 is 0. The van der Waals surface area contributed by atoms with Gasteiger partial charge in [0.15, 0.2) is 5.65 Å². The number of nitrogen functional groups attached to an aromatic ring is 1. The van der Waals surface area contributed by atoms with Gasteiger partial charge in [-0.2, -0.15) is 4.98 Å². The molecule has 34 heavy (non-hydrogen) atoms.